The van der Waals surface area contributed by atoms with Crippen molar-refractivity contribution in [2.45, 2.75) is 6.92 Å². The highest BCUT2D eigenvalue weighted by Gasteiger charge is 2.16. The maximum absolute atomic E-state index is 10.8. The molecule has 1 aromatic carbocycles. The molecule has 0 saturated heterocycles. The topological polar surface area (TPSA) is 113 Å². The highest BCUT2D eigenvalue weighted by molar-refractivity contribution is 5.89. The van der Waals surface area contributed by atoms with Crippen molar-refractivity contribution in [3.63, 3.8) is 0 Å². The molecule has 2 aromatic rings. The maximum atomic E-state index is 10.8. The summed E-state index contributed by atoms with van der Waals surface area (Å²) in [5, 5.41) is 20.4. The first-order chi connectivity index (χ1) is 8.97. The zero-order chi connectivity index (χ0) is 14.0. The molecular formula is C12H10N2O5. The number of carboxylic acid groups (broad SMARTS) is 2. The first-order valence-electron chi connectivity index (χ1n) is 5.28. The number of nitrogens with one attached hydrogen (secondary N) is 1. The lowest BCUT2D eigenvalue weighted by molar-refractivity contribution is 0.0660. The van der Waals surface area contributed by atoms with Crippen LogP contribution in [-0.2, 0) is 0 Å². The Morgan fingerprint density at radius 3 is 2.58 bits per heavy atom. The molecule has 0 radical (unpaired) electrons. The third-order valence-electron chi connectivity index (χ3n) is 2.35. The number of aromatic carboxylic acids is 2. The van der Waals surface area contributed by atoms with Gasteiger partial charge in [0.15, 0.2) is 0 Å². The largest absolute Gasteiger partial charge is 0.478 e. The summed E-state index contributed by atoms with van der Waals surface area (Å²) >= 11 is 0. The van der Waals surface area contributed by atoms with Crippen LogP contribution in [0.4, 0.5) is 11.7 Å². The van der Waals surface area contributed by atoms with Crippen molar-refractivity contribution in [1.82, 2.24) is 4.98 Å². The SMILES string of the molecule is Cc1nc(Nc2cccc(C(=O)O)c2)oc1C(=O)O. The van der Waals surface area contributed by atoms with Gasteiger partial charge in [0.2, 0.25) is 5.76 Å². The number of benzene rings is 1. The molecule has 0 unspecified atom stereocenters. The highest BCUT2D eigenvalue weighted by atomic mass is 16.4. The molecule has 1 aromatic heterocycles. The van der Waals surface area contributed by atoms with Gasteiger partial charge in [0, 0.05) is 5.69 Å². The van der Waals surface area contributed by atoms with E-state index >= 15 is 0 Å². The Labute approximate surface area is 107 Å². The van der Waals surface area contributed by atoms with Gasteiger partial charge in [-0.1, -0.05) is 6.07 Å². The maximum Gasteiger partial charge on any atom is 0.373 e. The summed E-state index contributed by atoms with van der Waals surface area (Å²) in [7, 11) is 0. The van der Waals surface area contributed by atoms with Gasteiger partial charge in [-0.2, -0.15) is 4.98 Å². The number of nitrogens with zero attached hydrogens (tertiary/aromatic N) is 1. The van der Waals surface area contributed by atoms with Gasteiger partial charge in [0.05, 0.1) is 11.3 Å². The first-order valence-corrected chi connectivity index (χ1v) is 5.28. The van der Waals surface area contributed by atoms with Crippen LogP contribution in [0.15, 0.2) is 28.7 Å². The Morgan fingerprint density at radius 1 is 1.26 bits per heavy atom. The van der Waals surface area contributed by atoms with Crippen molar-refractivity contribution in [3.05, 3.63) is 41.3 Å². The van der Waals surface area contributed by atoms with Crippen LogP contribution in [0.5, 0.6) is 0 Å². The number of hydrogen-bond donors (Lipinski definition) is 3. The van der Waals surface area contributed by atoms with E-state index in [1.165, 1.54) is 19.1 Å². The molecule has 0 aliphatic carbocycles. The van der Waals surface area contributed by atoms with Crippen LogP contribution in [0.2, 0.25) is 0 Å². The monoisotopic (exact) mass is 262 g/mol. The van der Waals surface area contributed by atoms with Crippen molar-refractivity contribution in [1.29, 1.82) is 0 Å². The van der Waals surface area contributed by atoms with E-state index in [4.69, 9.17) is 14.6 Å². The van der Waals surface area contributed by atoms with E-state index in [2.05, 4.69) is 10.3 Å². The Balaban J connectivity index is 2.26. The fourth-order valence-corrected chi connectivity index (χ4v) is 1.50. The summed E-state index contributed by atoms with van der Waals surface area (Å²) in [5.74, 6) is -2.52. The molecule has 0 aliphatic heterocycles. The predicted octanol–water partition coefficient (Wildman–Crippen LogP) is 2.12. The first kappa shape index (κ1) is 12.6. The third-order valence-corrected chi connectivity index (χ3v) is 2.35. The molecule has 98 valence electrons. The fraction of sp³-hybridized carbons (Fsp3) is 0.0833. The van der Waals surface area contributed by atoms with E-state index in [1.807, 2.05) is 0 Å². The minimum atomic E-state index is -1.21. The van der Waals surface area contributed by atoms with Crippen molar-refractivity contribution >= 4 is 23.6 Å². The van der Waals surface area contributed by atoms with Crippen LogP contribution in [-0.4, -0.2) is 27.1 Å². The molecule has 19 heavy (non-hydrogen) atoms. The third kappa shape index (κ3) is 2.71. The standard InChI is InChI=1S/C12H10N2O5/c1-6-9(11(17)18)19-12(13-6)14-8-4-2-3-7(5-8)10(15)16/h2-5H,1H3,(H,13,14)(H,15,16)(H,17,18). The molecule has 0 atom stereocenters. The quantitative estimate of drug-likeness (QED) is 0.773. The lowest BCUT2D eigenvalue weighted by Gasteiger charge is -2.02. The van der Waals surface area contributed by atoms with Crippen LogP contribution >= 0.6 is 0 Å². The molecule has 0 amide bonds. The summed E-state index contributed by atoms with van der Waals surface area (Å²) < 4.78 is 5.01. The number of anilines is 2. The molecule has 1 heterocycles. The summed E-state index contributed by atoms with van der Waals surface area (Å²) in [5.41, 5.74) is 0.786. The van der Waals surface area contributed by atoms with Crippen LogP contribution in [0.3, 0.4) is 0 Å². The van der Waals surface area contributed by atoms with Crippen LogP contribution in [0.1, 0.15) is 26.6 Å². The van der Waals surface area contributed by atoms with E-state index in [0.717, 1.165) is 0 Å². The van der Waals surface area contributed by atoms with Crippen molar-refractivity contribution in [2.75, 3.05) is 5.32 Å². The fourth-order valence-electron chi connectivity index (χ4n) is 1.50. The van der Waals surface area contributed by atoms with Crippen molar-refractivity contribution < 1.29 is 24.2 Å². The lowest BCUT2D eigenvalue weighted by Crippen LogP contribution is -1.98. The molecule has 0 bridgehead atoms. The lowest BCUT2D eigenvalue weighted by atomic mass is 10.2. The molecule has 3 N–H and O–H groups in total. The number of aromatic nitrogens is 1. The predicted molar refractivity (Wildman–Crippen MR) is 64.9 cm³/mol. The van der Waals surface area contributed by atoms with Gasteiger partial charge in [0.25, 0.3) is 6.01 Å². The minimum absolute atomic E-state index is 0.00237. The second-order valence-electron chi connectivity index (χ2n) is 3.75. The van der Waals surface area contributed by atoms with Crippen LogP contribution in [0, 0.1) is 6.92 Å². The Kier molecular flexibility index (Phi) is 3.19. The minimum Gasteiger partial charge on any atom is -0.478 e. The second kappa shape index (κ2) is 4.81. The van der Waals surface area contributed by atoms with E-state index in [0.29, 0.717) is 5.69 Å². The zero-order valence-electron chi connectivity index (χ0n) is 9.88. The Hall–Kier alpha value is -2.83. The molecule has 0 spiro atoms. The molecular weight excluding hydrogens is 252 g/mol. The van der Waals surface area contributed by atoms with Gasteiger partial charge >= 0.3 is 11.9 Å². The summed E-state index contributed by atoms with van der Waals surface area (Å²) in [6.07, 6.45) is 0. The van der Waals surface area contributed by atoms with Gasteiger partial charge in [-0.05, 0) is 25.1 Å². The molecule has 0 aliphatic rings. The smallest absolute Gasteiger partial charge is 0.373 e. The summed E-state index contributed by atoms with van der Waals surface area (Å²) in [6.45, 7) is 1.51. The molecule has 7 nitrogen and oxygen atoms in total. The number of carbonyl (C=O) groups is 2. The van der Waals surface area contributed by atoms with Gasteiger partial charge in [-0.25, -0.2) is 9.59 Å². The normalized spacial score (nSPS) is 10.2. The van der Waals surface area contributed by atoms with Crippen LogP contribution in [0.25, 0.3) is 0 Å². The Morgan fingerprint density at radius 2 is 2.00 bits per heavy atom. The zero-order valence-corrected chi connectivity index (χ0v) is 9.88. The number of carboxylic acids is 2. The highest BCUT2D eigenvalue weighted by Crippen LogP contribution is 2.20. The second-order valence-corrected chi connectivity index (χ2v) is 3.75. The Bertz CT molecular complexity index is 647. The van der Waals surface area contributed by atoms with Gasteiger partial charge in [-0.15, -0.1) is 0 Å². The summed E-state index contributed by atoms with van der Waals surface area (Å²) in [4.78, 5) is 25.5. The molecule has 0 saturated carbocycles. The number of hydrogen-bond acceptors (Lipinski definition) is 5. The van der Waals surface area contributed by atoms with E-state index in [1.54, 1.807) is 12.1 Å². The number of aryl methyl sites for hydroxylation is 1. The van der Waals surface area contributed by atoms with Gasteiger partial charge < -0.3 is 19.9 Å². The summed E-state index contributed by atoms with van der Waals surface area (Å²) in [6, 6.07) is 6.00. The van der Waals surface area contributed by atoms with Crippen molar-refractivity contribution in [2.24, 2.45) is 0 Å². The van der Waals surface area contributed by atoms with E-state index in [9.17, 15) is 9.59 Å². The number of rotatable bonds is 4. The number of oxazole rings is 1. The average Bonchev–Trinajstić information content (AvgIpc) is 2.70. The van der Waals surface area contributed by atoms with Crippen LogP contribution < -0.4 is 5.32 Å². The van der Waals surface area contributed by atoms with Gasteiger partial charge in [-0.3, -0.25) is 0 Å². The molecule has 2 rings (SSSR count). The molecule has 0 fully saturated rings. The van der Waals surface area contributed by atoms with E-state index in [-0.39, 0.29) is 23.0 Å². The average molecular weight is 262 g/mol. The van der Waals surface area contributed by atoms with Crippen molar-refractivity contribution in [3.8, 4) is 0 Å². The van der Waals surface area contributed by atoms with Gasteiger partial charge in [0.1, 0.15) is 0 Å². The van der Waals surface area contributed by atoms with E-state index < -0.39 is 11.9 Å². The molecule has 7 heteroatoms.